The number of nitrogens with zero attached hydrogens (tertiary/aromatic N) is 3. The smallest absolute Gasteiger partial charge is 0.224 e. The third kappa shape index (κ3) is 7.42. The molecule has 0 spiro atoms. The van der Waals surface area contributed by atoms with Crippen molar-refractivity contribution < 1.29 is 9.18 Å². The van der Waals surface area contributed by atoms with Crippen LogP contribution in [-0.4, -0.2) is 62.6 Å². The number of hydrogen-bond donors (Lipinski definition) is 2. The van der Waals surface area contributed by atoms with Crippen molar-refractivity contribution in [3.63, 3.8) is 0 Å². The quantitative estimate of drug-likeness (QED) is 0.243. The minimum absolute atomic E-state index is 0. The highest BCUT2D eigenvalue weighted by Crippen LogP contribution is 2.22. The molecule has 0 radical (unpaired) electrons. The van der Waals surface area contributed by atoms with Crippen molar-refractivity contribution in [2.24, 2.45) is 4.99 Å². The van der Waals surface area contributed by atoms with Gasteiger partial charge in [0.1, 0.15) is 5.82 Å². The number of rotatable bonds is 7. The third-order valence-corrected chi connectivity index (χ3v) is 5.63. The first-order chi connectivity index (χ1) is 14.2. The highest BCUT2D eigenvalue weighted by Gasteiger charge is 2.20. The van der Waals surface area contributed by atoms with Crippen molar-refractivity contribution in [2.75, 3.05) is 50.7 Å². The molecule has 0 unspecified atom stereocenters. The van der Waals surface area contributed by atoms with E-state index in [0.717, 1.165) is 44.2 Å². The van der Waals surface area contributed by atoms with Crippen LogP contribution in [0.2, 0.25) is 0 Å². The van der Waals surface area contributed by atoms with Crippen LogP contribution in [0, 0.1) is 5.82 Å². The van der Waals surface area contributed by atoms with Crippen LogP contribution in [0.4, 0.5) is 9.39 Å². The van der Waals surface area contributed by atoms with Gasteiger partial charge in [0.05, 0.1) is 18.0 Å². The number of piperazine rings is 1. The average Bonchev–Trinajstić information content (AvgIpc) is 3.27. The zero-order valence-corrected chi connectivity index (χ0v) is 20.3. The molecule has 1 saturated heterocycles. The topological polar surface area (TPSA) is 60.0 Å². The fourth-order valence-electron chi connectivity index (χ4n) is 3.22. The molecule has 1 amide bonds. The number of halogens is 2. The Morgan fingerprint density at radius 2 is 1.87 bits per heavy atom. The largest absolute Gasteiger partial charge is 0.360 e. The molecule has 0 saturated carbocycles. The van der Waals surface area contributed by atoms with E-state index in [2.05, 4.69) is 49.9 Å². The van der Waals surface area contributed by atoms with Gasteiger partial charge < -0.3 is 20.4 Å². The van der Waals surface area contributed by atoms with E-state index in [1.807, 2.05) is 0 Å². The molecule has 0 atom stereocenters. The number of guanidine groups is 1. The van der Waals surface area contributed by atoms with Gasteiger partial charge in [-0.15, -0.1) is 35.3 Å². The van der Waals surface area contributed by atoms with Gasteiger partial charge in [-0.2, -0.15) is 0 Å². The van der Waals surface area contributed by atoms with Crippen molar-refractivity contribution in [3.8, 4) is 0 Å². The van der Waals surface area contributed by atoms with Crippen LogP contribution in [0.1, 0.15) is 12.5 Å². The van der Waals surface area contributed by atoms with E-state index >= 15 is 0 Å². The lowest BCUT2D eigenvalue weighted by Crippen LogP contribution is -2.52. The summed E-state index contributed by atoms with van der Waals surface area (Å²) in [6.45, 7) is 7.63. The normalized spacial score (nSPS) is 14.3. The number of amides is 1. The minimum atomic E-state index is -0.296. The molecule has 1 fully saturated rings. The fraction of sp³-hybridized carbons (Fsp3) is 0.429. The molecular weight excluding hydrogens is 516 g/mol. The molecule has 0 bridgehead atoms. The molecule has 9 heteroatoms. The molecule has 1 aromatic carbocycles. The van der Waals surface area contributed by atoms with Crippen LogP contribution in [-0.2, 0) is 11.2 Å². The van der Waals surface area contributed by atoms with Crippen molar-refractivity contribution >= 4 is 52.2 Å². The molecule has 6 nitrogen and oxygen atoms in total. The van der Waals surface area contributed by atoms with Crippen molar-refractivity contribution in [1.29, 1.82) is 0 Å². The molecule has 2 N–H and O–H groups in total. The second-order valence-electron chi connectivity index (χ2n) is 6.81. The maximum Gasteiger partial charge on any atom is 0.224 e. The maximum atomic E-state index is 12.9. The van der Waals surface area contributed by atoms with E-state index < -0.39 is 0 Å². The van der Waals surface area contributed by atoms with E-state index in [-0.39, 0.29) is 42.1 Å². The average molecular weight is 545 g/mol. The molecule has 164 valence electrons. The van der Waals surface area contributed by atoms with Gasteiger partial charge >= 0.3 is 0 Å². The molecule has 1 aromatic heterocycles. The molecule has 1 aliphatic heterocycles. The van der Waals surface area contributed by atoms with Crippen LogP contribution in [0.25, 0.3) is 0 Å². The van der Waals surface area contributed by atoms with Gasteiger partial charge in [0.15, 0.2) is 5.96 Å². The predicted molar refractivity (Wildman–Crippen MR) is 133 cm³/mol. The SMILES string of the molecule is CCNC(=NCCNC(=O)Cc1ccc(F)cc1)N1CCN(c2cccs2)CC1.I. The summed E-state index contributed by atoms with van der Waals surface area (Å²) in [5, 5.41) is 9.65. The maximum absolute atomic E-state index is 12.9. The lowest BCUT2D eigenvalue weighted by Gasteiger charge is -2.37. The van der Waals surface area contributed by atoms with Gasteiger partial charge in [-0.05, 0) is 42.1 Å². The van der Waals surface area contributed by atoms with Gasteiger partial charge in [0.25, 0.3) is 0 Å². The summed E-state index contributed by atoms with van der Waals surface area (Å²) < 4.78 is 12.9. The van der Waals surface area contributed by atoms with E-state index in [1.54, 1.807) is 23.5 Å². The van der Waals surface area contributed by atoms with Crippen LogP contribution >= 0.6 is 35.3 Å². The Morgan fingerprint density at radius 3 is 2.50 bits per heavy atom. The Kier molecular flexibility index (Phi) is 10.4. The van der Waals surface area contributed by atoms with Crippen molar-refractivity contribution in [2.45, 2.75) is 13.3 Å². The Hall–Kier alpha value is -1.88. The second kappa shape index (κ2) is 12.7. The zero-order valence-electron chi connectivity index (χ0n) is 17.1. The number of aliphatic imine (C=N–C) groups is 1. The Labute approximate surface area is 198 Å². The van der Waals surface area contributed by atoms with Crippen LogP contribution in [0.3, 0.4) is 0 Å². The summed E-state index contributed by atoms with van der Waals surface area (Å²) in [6, 6.07) is 10.2. The molecule has 3 rings (SSSR count). The predicted octanol–water partition coefficient (Wildman–Crippen LogP) is 2.95. The number of carbonyl (C=O) groups is 1. The molecular formula is C21H29FIN5OS. The number of anilines is 1. The van der Waals surface area contributed by atoms with E-state index in [9.17, 15) is 9.18 Å². The first-order valence-corrected chi connectivity index (χ1v) is 10.9. The molecule has 2 heterocycles. The third-order valence-electron chi connectivity index (χ3n) is 4.71. The molecule has 1 aliphatic rings. The number of carbonyl (C=O) groups excluding carboxylic acids is 1. The van der Waals surface area contributed by atoms with Gasteiger partial charge in [-0.1, -0.05) is 12.1 Å². The Balaban J connectivity index is 0.00000320. The number of benzene rings is 1. The molecule has 0 aliphatic carbocycles. The monoisotopic (exact) mass is 545 g/mol. The van der Waals surface area contributed by atoms with Crippen LogP contribution in [0.15, 0.2) is 46.8 Å². The molecule has 2 aromatic rings. The highest BCUT2D eigenvalue weighted by molar-refractivity contribution is 14.0. The second-order valence-corrected chi connectivity index (χ2v) is 7.74. The van der Waals surface area contributed by atoms with Gasteiger partial charge in [-0.25, -0.2) is 4.39 Å². The standard InChI is InChI=1S/C21H28FN5OS.HI/c1-2-23-21(27-13-11-26(12-14-27)20-4-3-15-29-20)25-10-9-24-19(28)16-17-5-7-18(22)8-6-17;/h3-8,15H,2,9-14,16H2,1H3,(H,23,25)(H,24,28);1H. The first kappa shape index (κ1) is 24.4. The number of hydrogen-bond acceptors (Lipinski definition) is 4. The lowest BCUT2D eigenvalue weighted by atomic mass is 10.1. The minimum Gasteiger partial charge on any atom is -0.360 e. The zero-order chi connectivity index (χ0) is 20.5. The Bertz CT molecular complexity index is 792. The summed E-state index contributed by atoms with van der Waals surface area (Å²) in [6.07, 6.45) is 0.245. The fourth-order valence-corrected chi connectivity index (χ4v) is 4.01. The van der Waals surface area contributed by atoms with Crippen LogP contribution < -0.4 is 15.5 Å². The number of nitrogens with one attached hydrogen (secondary N) is 2. The Morgan fingerprint density at radius 1 is 1.13 bits per heavy atom. The van der Waals surface area contributed by atoms with Crippen molar-refractivity contribution in [3.05, 3.63) is 53.2 Å². The number of thiophene rings is 1. The lowest BCUT2D eigenvalue weighted by molar-refractivity contribution is -0.120. The van der Waals surface area contributed by atoms with E-state index in [4.69, 9.17) is 0 Å². The van der Waals surface area contributed by atoms with E-state index in [1.165, 1.54) is 17.1 Å². The summed E-state index contributed by atoms with van der Waals surface area (Å²) in [7, 11) is 0. The van der Waals surface area contributed by atoms with E-state index in [0.29, 0.717) is 13.1 Å². The highest BCUT2D eigenvalue weighted by atomic mass is 127. The summed E-state index contributed by atoms with van der Waals surface area (Å²) in [5.41, 5.74) is 0.796. The summed E-state index contributed by atoms with van der Waals surface area (Å²) in [4.78, 5) is 21.4. The summed E-state index contributed by atoms with van der Waals surface area (Å²) in [5.74, 6) is 0.517. The van der Waals surface area contributed by atoms with Gasteiger partial charge in [0, 0.05) is 39.3 Å². The van der Waals surface area contributed by atoms with Crippen LogP contribution in [0.5, 0.6) is 0 Å². The summed E-state index contributed by atoms with van der Waals surface area (Å²) >= 11 is 1.77. The first-order valence-electron chi connectivity index (χ1n) is 9.98. The van der Waals surface area contributed by atoms with Gasteiger partial charge in [-0.3, -0.25) is 9.79 Å². The van der Waals surface area contributed by atoms with Crippen molar-refractivity contribution in [1.82, 2.24) is 15.5 Å². The molecule has 30 heavy (non-hydrogen) atoms. The van der Waals surface area contributed by atoms with Gasteiger partial charge in [0.2, 0.25) is 5.91 Å².